The van der Waals surface area contributed by atoms with Gasteiger partial charge in [-0.1, -0.05) is 46.5 Å². The van der Waals surface area contributed by atoms with Crippen molar-refractivity contribution in [2.45, 2.75) is 71.4 Å². The molecule has 4 heteroatoms. The lowest BCUT2D eigenvalue weighted by Gasteiger charge is -2.37. The summed E-state index contributed by atoms with van der Waals surface area (Å²) in [6.07, 6.45) is 7.75. The van der Waals surface area contributed by atoms with Crippen molar-refractivity contribution >= 4 is 0 Å². The number of ether oxygens (including phenoxy) is 1. The van der Waals surface area contributed by atoms with E-state index < -0.39 is 0 Å². The van der Waals surface area contributed by atoms with Gasteiger partial charge < -0.3 is 4.74 Å². The van der Waals surface area contributed by atoms with Crippen LogP contribution in [0.15, 0.2) is 0 Å². The Hall–Kier alpha value is -0.160. The molecule has 1 aliphatic rings. The summed E-state index contributed by atoms with van der Waals surface area (Å²) < 4.78 is 5.97. The van der Waals surface area contributed by atoms with Gasteiger partial charge in [-0.15, -0.1) is 0 Å². The van der Waals surface area contributed by atoms with Crippen LogP contribution in [0.2, 0.25) is 0 Å². The number of morpholine rings is 1. The maximum absolute atomic E-state index is 5.97. The quantitative estimate of drug-likeness (QED) is 0.478. The summed E-state index contributed by atoms with van der Waals surface area (Å²) in [6, 6.07) is 0.288. The Morgan fingerprint density at radius 1 is 1.30 bits per heavy atom. The number of unbranched alkanes of at least 4 members (excludes halogenated alkanes) is 1. The monoisotopic (exact) mass is 285 g/mol. The lowest BCUT2D eigenvalue weighted by atomic mass is 9.90. The number of nitrogens with two attached hydrogens (primary N) is 1. The van der Waals surface area contributed by atoms with E-state index in [1.165, 1.54) is 38.6 Å². The van der Waals surface area contributed by atoms with E-state index in [2.05, 4.69) is 31.1 Å². The van der Waals surface area contributed by atoms with Gasteiger partial charge in [0.15, 0.2) is 0 Å². The zero-order chi connectivity index (χ0) is 14.8. The van der Waals surface area contributed by atoms with Gasteiger partial charge in [0, 0.05) is 19.1 Å². The Kier molecular flexibility index (Phi) is 9.44. The third-order valence-corrected chi connectivity index (χ3v) is 4.51. The highest BCUT2D eigenvalue weighted by molar-refractivity contribution is 4.83. The van der Waals surface area contributed by atoms with E-state index in [9.17, 15) is 0 Å². The first-order chi connectivity index (χ1) is 9.74. The van der Waals surface area contributed by atoms with Crippen molar-refractivity contribution < 1.29 is 4.74 Å². The molecule has 0 amide bonds. The van der Waals surface area contributed by atoms with Gasteiger partial charge in [0.1, 0.15) is 0 Å². The number of hydrazine groups is 1. The molecular formula is C16H35N3O. The maximum Gasteiger partial charge on any atom is 0.0868 e. The summed E-state index contributed by atoms with van der Waals surface area (Å²) in [5.41, 5.74) is 3.02. The fraction of sp³-hybridized carbons (Fsp3) is 1.00. The molecule has 0 radical (unpaired) electrons. The molecule has 0 aromatic carbocycles. The molecule has 0 aromatic heterocycles. The van der Waals surface area contributed by atoms with E-state index in [4.69, 9.17) is 10.6 Å². The van der Waals surface area contributed by atoms with E-state index in [0.29, 0.717) is 0 Å². The maximum atomic E-state index is 5.97. The summed E-state index contributed by atoms with van der Waals surface area (Å²) in [6.45, 7) is 10.9. The first kappa shape index (κ1) is 17.9. The second-order valence-electron chi connectivity index (χ2n) is 6.14. The minimum absolute atomic E-state index is 0.246. The second kappa shape index (κ2) is 10.6. The Labute approximate surface area is 125 Å². The lowest BCUT2D eigenvalue weighted by molar-refractivity contribution is -0.0502. The topological polar surface area (TPSA) is 50.5 Å². The molecule has 1 aliphatic heterocycles. The van der Waals surface area contributed by atoms with Crippen LogP contribution in [0, 0.1) is 5.92 Å². The van der Waals surface area contributed by atoms with Gasteiger partial charge in [0.2, 0.25) is 0 Å². The van der Waals surface area contributed by atoms with E-state index in [0.717, 1.165) is 32.0 Å². The van der Waals surface area contributed by atoms with Crippen molar-refractivity contribution in [1.82, 2.24) is 10.3 Å². The van der Waals surface area contributed by atoms with Crippen LogP contribution >= 0.6 is 0 Å². The van der Waals surface area contributed by atoms with Gasteiger partial charge in [0.05, 0.1) is 12.7 Å². The van der Waals surface area contributed by atoms with E-state index in [1.807, 2.05) is 0 Å². The summed E-state index contributed by atoms with van der Waals surface area (Å²) in [5.74, 6) is 6.57. The van der Waals surface area contributed by atoms with Crippen molar-refractivity contribution in [2.75, 3.05) is 26.2 Å². The summed E-state index contributed by atoms with van der Waals surface area (Å²) in [4.78, 5) is 2.51. The number of hydrogen-bond donors (Lipinski definition) is 2. The standard InChI is InChI=1S/C16H35N3O/c1-4-7-8-14(6-3)12-15(18-17)16-13-19(9-5-2)10-11-20-16/h14-16,18H,4-13,17H2,1-3H3. The van der Waals surface area contributed by atoms with Crippen molar-refractivity contribution in [1.29, 1.82) is 0 Å². The average Bonchev–Trinajstić information content (AvgIpc) is 2.48. The predicted octanol–water partition coefficient (Wildman–Crippen LogP) is 2.54. The van der Waals surface area contributed by atoms with Crippen molar-refractivity contribution in [3.05, 3.63) is 0 Å². The van der Waals surface area contributed by atoms with Gasteiger partial charge in [-0.2, -0.15) is 0 Å². The van der Waals surface area contributed by atoms with Crippen LogP contribution in [-0.4, -0.2) is 43.3 Å². The minimum atomic E-state index is 0.246. The third kappa shape index (κ3) is 6.08. The number of nitrogens with one attached hydrogen (secondary N) is 1. The van der Waals surface area contributed by atoms with Crippen LogP contribution in [-0.2, 0) is 4.74 Å². The van der Waals surface area contributed by atoms with Crippen LogP contribution in [0.1, 0.15) is 59.3 Å². The van der Waals surface area contributed by atoms with E-state index >= 15 is 0 Å². The zero-order valence-electron chi connectivity index (χ0n) is 13.7. The van der Waals surface area contributed by atoms with Gasteiger partial charge >= 0.3 is 0 Å². The lowest BCUT2D eigenvalue weighted by Crippen LogP contribution is -2.54. The fourth-order valence-corrected chi connectivity index (χ4v) is 3.16. The molecule has 0 aromatic rings. The van der Waals surface area contributed by atoms with Crippen LogP contribution in [0.3, 0.4) is 0 Å². The molecule has 20 heavy (non-hydrogen) atoms. The molecule has 120 valence electrons. The van der Waals surface area contributed by atoms with Crippen LogP contribution in [0.5, 0.6) is 0 Å². The minimum Gasteiger partial charge on any atom is -0.374 e. The van der Waals surface area contributed by atoms with Gasteiger partial charge in [-0.05, 0) is 25.3 Å². The van der Waals surface area contributed by atoms with Gasteiger partial charge in [-0.3, -0.25) is 16.2 Å². The molecule has 0 spiro atoms. The van der Waals surface area contributed by atoms with E-state index in [-0.39, 0.29) is 12.1 Å². The fourth-order valence-electron chi connectivity index (χ4n) is 3.16. The van der Waals surface area contributed by atoms with Crippen LogP contribution < -0.4 is 11.3 Å². The largest absolute Gasteiger partial charge is 0.374 e. The first-order valence-electron chi connectivity index (χ1n) is 8.55. The highest BCUT2D eigenvalue weighted by atomic mass is 16.5. The molecule has 1 saturated heterocycles. The molecule has 3 unspecified atom stereocenters. The molecule has 3 atom stereocenters. The number of rotatable bonds is 10. The van der Waals surface area contributed by atoms with E-state index in [1.54, 1.807) is 0 Å². The molecule has 0 saturated carbocycles. The molecule has 0 bridgehead atoms. The number of hydrogen-bond acceptors (Lipinski definition) is 4. The predicted molar refractivity (Wildman–Crippen MR) is 85.5 cm³/mol. The molecular weight excluding hydrogens is 250 g/mol. The smallest absolute Gasteiger partial charge is 0.0868 e. The normalized spacial score (nSPS) is 23.7. The summed E-state index contributed by atoms with van der Waals surface area (Å²) in [7, 11) is 0. The Balaban J connectivity index is 2.46. The highest BCUT2D eigenvalue weighted by Crippen LogP contribution is 2.22. The second-order valence-corrected chi connectivity index (χ2v) is 6.14. The summed E-state index contributed by atoms with van der Waals surface area (Å²) in [5, 5.41) is 0. The van der Waals surface area contributed by atoms with Crippen molar-refractivity contribution in [3.8, 4) is 0 Å². The molecule has 4 nitrogen and oxygen atoms in total. The Morgan fingerprint density at radius 3 is 2.70 bits per heavy atom. The summed E-state index contributed by atoms with van der Waals surface area (Å²) >= 11 is 0. The number of nitrogens with zero attached hydrogens (tertiary/aromatic N) is 1. The molecule has 1 heterocycles. The SMILES string of the molecule is CCCCC(CC)CC(NN)C1CN(CCC)CCO1. The van der Waals surface area contributed by atoms with Gasteiger partial charge in [0.25, 0.3) is 0 Å². The first-order valence-corrected chi connectivity index (χ1v) is 8.55. The zero-order valence-corrected chi connectivity index (χ0v) is 13.7. The van der Waals surface area contributed by atoms with Crippen molar-refractivity contribution in [2.24, 2.45) is 11.8 Å². The van der Waals surface area contributed by atoms with Gasteiger partial charge in [-0.25, -0.2) is 0 Å². The average molecular weight is 285 g/mol. The van der Waals surface area contributed by atoms with Crippen molar-refractivity contribution in [3.63, 3.8) is 0 Å². The molecule has 3 N–H and O–H groups in total. The Bertz CT molecular complexity index is 236. The van der Waals surface area contributed by atoms with Crippen LogP contribution in [0.4, 0.5) is 0 Å². The Morgan fingerprint density at radius 2 is 2.10 bits per heavy atom. The molecule has 1 fully saturated rings. The van der Waals surface area contributed by atoms with Crippen LogP contribution in [0.25, 0.3) is 0 Å². The highest BCUT2D eigenvalue weighted by Gasteiger charge is 2.28. The molecule has 0 aliphatic carbocycles. The third-order valence-electron chi connectivity index (χ3n) is 4.51. The molecule has 1 rings (SSSR count).